The van der Waals surface area contributed by atoms with Crippen molar-refractivity contribution in [3.05, 3.63) is 53.9 Å². The van der Waals surface area contributed by atoms with E-state index < -0.39 is 11.6 Å². The molecule has 2 heterocycles. The number of hydrogen-bond donors (Lipinski definition) is 2. The first kappa shape index (κ1) is 13.2. The molecule has 0 amide bonds. The van der Waals surface area contributed by atoms with Crippen LogP contribution in [-0.2, 0) is 0 Å². The van der Waals surface area contributed by atoms with Gasteiger partial charge in [-0.3, -0.25) is 10.1 Å². The topological polar surface area (TPSA) is 67.6 Å². The first-order valence-electron chi connectivity index (χ1n) is 6.28. The molecule has 0 fully saturated rings. The van der Waals surface area contributed by atoms with Gasteiger partial charge in [0, 0.05) is 23.5 Å². The van der Waals surface area contributed by atoms with Gasteiger partial charge < -0.3 is 5.73 Å². The van der Waals surface area contributed by atoms with Crippen LogP contribution in [0.1, 0.15) is 5.69 Å². The van der Waals surface area contributed by atoms with Crippen LogP contribution in [0.15, 0.2) is 36.5 Å². The number of rotatable bonds is 2. The Hall–Kier alpha value is -2.76. The zero-order valence-electron chi connectivity index (χ0n) is 11.2. The first-order chi connectivity index (χ1) is 10.1. The molecule has 0 spiro atoms. The summed E-state index contributed by atoms with van der Waals surface area (Å²) in [5.41, 5.74) is 8.77. The normalized spacial score (nSPS) is 10.8. The van der Waals surface area contributed by atoms with Crippen LogP contribution in [-0.4, -0.2) is 15.2 Å². The molecule has 0 atom stereocenters. The van der Waals surface area contributed by atoms with E-state index in [9.17, 15) is 8.78 Å². The minimum atomic E-state index is -0.667. The summed E-state index contributed by atoms with van der Waals surface area (Å²) in [6.07, 6.45) is 1.67. The number of nitrogens with two attached hydrogens (primary N) is 1. The predicted molar refractivity (Wildman–Crippen MR) is 76.3 cm³/mol. The van der Waals surface area contributed by atoms with Gasteiger partial charge in [0.05, 0.1) is 11.3 Å². The van der Waals surface area contributed by atoms with Crippen LogP contribution in [0.5, 0.6) is 0 Å². The Kier molecular flexibility index (Phi) is 3.13. The summed E-state index contributed by atoms with van der Waals surface area (Å²) in [6, 6.07) is 6.87. The summed E-state index contributed by atoms with van der Waals surface area (Å²) in [5, 5.41) is 6.76. The molecule has 4 nitrogen and oxygen atoms in total. The molecule has 2 aromatic heterocycles. The van der Waals surface area contributed by atoms with Crippen molar-refractivity contribution in [1.29, 1.82) is 0 Å². The van der Waals surface area contributed by atoms with Gasteiger partial charge in [-0.15, -0.1) is 0 Å². The maximum Gasteiger partial charge on any atom is 0.153 e. The Morgan fingerprint density at radius 3 is 2.52 bits per heavy atom. The highest BCUT2D eigenvalue weighted by Gasteiger charge is 2.17. The molecule has 0 aliphatic carbocycles. The summed E-state index contributed by atoms with van der Waals surface area (Å²) in [4.78, 5) is 4.20. The smallest absolute Gasteiger partial charge is 0.153 e. The van der Waals surface area contributed by atoms with Gasteiger partial charge in [0.1, 0.15) is 11.6 Å². The Morgan fingerprint density at radius 1 is 1.14 bits per heavy atom. The summed E-state index contributed by atoms with van der Waals surface area (Å²) in [5.74, 6) is -1.16. The van der Waals surface area contributed by atoms with E-state index in [2.05, 4.69) is 15.2 Å². The highest BCUT2D eigenvalue weighted by Crippen LogP contribution is 2.36. The van der Waals surface area contributed by atoms with Crippen molar-refractivity contribution in [2.45, 2.75) is 6.92 Å². The summed E-state index contributed by atoms with van der Waals surface area (Å²) >= 11 is 0. The van der Waals surface area contributed by atoms with Crippen LogP contribution in [0, 0.1) is 18.6 Å². The average Bonchev–Trinajstić information content (AvgIpc) is 2.80. The Morgan fingerprint density at radius 2 is 1.86 bits per heavy atom. The second-order valence-electron chi connectivity index (χ2n) is 4.65. The van der Waals surface area contributed by atoms with Crippen molar-refractivity contribution >= 4 is 5.82 Å². The molecule has 1 aromatic carbocycles. The van der Waals surface area contributed by atoms with Crippen molar-refractivity contribution < 1.29 is 8.78 Å². The van der Waals surface area contributed by atoms with Gasteiger partial charge in [0.2, 0.25) is 0 Å². The van der Waals surface area contributed by atoms with E-state index in [4.69, 9.17) is 5.73 Å². The van der Waals surface area contributed by atoms with E-state index in [0.717, 1.165) is 17.3 Å². The number of aromatic nitrogens is 3. The van der Waals surface area contributed by atoms with Crippen molar-refractivity contribution in [2.75, 3.05) is 5.73 Å². The van der Waals surface area contributed by atoms with E-state index in [1.54, 1.807) is 12.3 Å². The van der Waals surface area contributed by atoms with Gasteiger partial charge >= 0.3 is 0 Å². The monoisotopic (exact) mass is 286 g/mol. The van der Waals surface area contributed by atoms with E-state index in [1.807, 2.05) is 13.0 Å². The molecular weight excluding hydrogens is 274 g/mol. The molecule has 0 saturated carbocycles. The van der Waals surface area contributed by atoms with Crippen LogP contribution in [0.25, 0.3) is 22.4 Å². The minimum Gasteiger partial charge on any atom is -0.382 e. The van der Waals surface area contributed by atoms with Crippen molar-refractivity contribution in [2.24, 2.45) is 0 Å². The fourth-order valence-corrected chi connectivity index (χ4v) is 2.29. The number of aromatic amines is 1. The van der Waals surface area contributed by atoms with E-state index in [1.165, 1.54) is 12.1 Å². The fourth-order valence-electron chi connectivity index (χ4n) is 2.29. The van der Waals surface area contributed by atoms with Crippen molar-refractivity contribution in [3.8, 4) is 22.4 Å². The SMILES string of the molecule is Cc1ncccc1-c1[nH]nc(N)c1-c1cc(F)cc(F)c1. The van der Waals surface area contributed by atoms with Crippen LogP contribution in [0.2, 0.25) is 0 Å². The highest BCUT2D eigenvalue weighted by atomic mass is 19.1. The van der Waals surface area contributed by atoms with Gasteiger partial charge in [0.25, 0.3) is 0 Å². The summed E-state index contributed by atoms with van der Waals surface area (Å²) < 4.78 is 26.9. The molecule has 3 N–H and O–H groups in total. The molecule has 3 aromatic rings. The van der Waals surface area contributed by atoms with Gasteiger partial charge in [-0.1, -0.05) is 0 Å². The number of hydrogen-bond acceptors (Lipinski definition) is 3. The molecule has 21 heavy (non-hydrogen) atoms. The lowest BCUT2D eigenvalue weighted by molar-refractivity contribution is 0.584. The lowest BCUT2D eigenvalue weighted by Crippen LogP contribution is -1.92. The van der Waals surface area contributed by atoms with Crippen LogP contribution in [0.3, 0.4) is 0 Å². The number of aryl methyl sites for hydroxylation is 1. The molecule has 6 heteroatoms. The van der Waals surface area contributed by atoms with Crippen molar-refractivity contribution in [3.63, 3.8) is 0 Å². The third-order valence-electron chi connectivity index (χ3n) is 3.22. The summed E-state index contributed by atoms with van der Waals surface area (Å²) in [6.45, 7) is 1.84. The molecule has 0 aliphatic heterocycles. The summed E-state index contributed by atoms with van der Waals surface area (Å²) in [7, 11) is 0. The highest BCUT2D eigenvalue weighted by molar-refractivity contribution is 5.88. The number of benzene rings is 1. The molecule has 3 rings (SSSR count). The van der Waals surface area contributed by atoms with Gasteiger partial charge in [-0.05, 0) is 36.8 Å². The van der Waals surface area contributed by atoms with Crippen LogP contribution in [0.4, 0.5) is 14.6 Å². The Bertz CT molecular complexity index is 791. The molecule has 0 aliphatic rings. The first-order valence-corrected chi connectivity index (χ1v) is 6.28. The maximum atomic E-state index is 13.4. The van der Waals surface area contributed by atoms with Crippen LogP contribution >= 0.6 is 0 Å². The Balaban J connectivity index is 2.25. The second-order valence-corrected chi connectivity index (χ2v) is 4.65. The predicted octanol–water partition coefficient (Wildman–Crippen LogP) is 3.31. The quantitative estimate of drug-likeness (QED) is 0.759. The number of H-pyrrole nitrogens is 1. The molecule has 0 saturated heterocycles. The van der Waals surface area contributed by atoms with Crippen molar-refractivity contribution in [1.82, 2.24) is 15.2 Å². The number of pyridine rings is 1. The second kappa shape index (κ2) is 4.97. The van der Waals surface area contributed by atoms with Crippen LogP contribution < -0.4 is 5.73 Å². The standard InChI is InChI=1S/C15H12F2N4/c1-8-12(3-2-4-19-8)14-13(15(18)21-20-14)9-5-10(16)7-11(17)6-9/h2-7H,1H3,(H3,18,20,21). The number of nitrogens with zero attached hydrogens (tertiary/aromatic N) is 2. The third kappa shape index (κ3) is 2.35. The lowest BCUT2D eigenvalue weighted by Gasteiger charge is -2.07. The third-order valence-corrected chi connectivity index (χ3v) is 3.22. The zero-order chi connectivity index (χ0) is 15.0. The number of anilines is 1. The largest absolute Gasteiger partial charge is 0.382 e. The number of nitrogens with one attached hydrogen (secondary N) is 1. The molecule has 0 unspecified atom stereocenters. The number of nitrogen functional groups attached to an aromatic ring is 1. The molecule has 0 radical (unpaired) electrons. The molecule has 106 valence electrons. The zero-order valence-corrected chi connectivity index (χ0v) is 11.2. The minimum absolute atomic E-state index is 0.179. The fraction of sp³-hybridized carbons (Fsp3) is 0.0667. The lowest BCUT2D eigenvalue weighted by atomic mass is 10.00. The Labute approximate surface area is 119 Å². The van der Waals surface area contributed by atoms with Gasteiger partial charge in [-0.2, -0.15) is 5.10 Å². The van der Waals surface area contributed by atoms with E-state index in [-0.39, 0.29) is 5.82 Å². The maximum absolute atomic E-state index is 13.4. The van der Waals surface area contributed by atoms with E-state index in [0.29, 0.717) is 16.8 Å². The molecule has 0 bridgehead atoms. The molecular formula is C15H12F2N4. The van der Waals surface area contributed by atoms with Gasteiger partial charge in [-0.25, -0.2) is 8.78 Å². The average molecular weight is 286 g/mol. The van der Waals surface area contributed by atoms with E-state index >= 15 is 0 Å². The van der Waals surface area contributed by atoms with Gasteiger partial charge in [0.15, 0.2) is 5.82 Å². The number of halogens is 2.